The van der Waals surface area contributed by atoms with Crippen molar-refractivity contribution >= 4 is 18.3 Å². The molecule has 2 heterocycles. The van der Waals surface area contributed by atoms with Gasteiger partial charge in [-0.15, -0.1) is 12.4 Å². The number of nitrogens with two attached hydrogens (primary N) is 1. The van der Waals surface area contributed by atoms with Crippen LogP contribution >= 0.6 is 12.4 Å². The molecular weight excluding hydrogens is 300 g/mol. The van der Waals surface area contributed by atoms with Crippen LogP contribution in [-0.2, 0) is 17.8 Å². The van der Waals surface area contributed by atoms with Crippen LogP contribution in [0.5, 0.6) is 0 Å². The predicted octanol–water partition coefficient (Wildman–Crippen LogP) is 2.07. The van der Waals surface area contributed by atoms with Gasteiger partial charge in [0.2, 0.25) is 5.91 Å². The fourth-order valence-corrected chi connectivity index (χ4v) is 3.01. The first-order valence-electron chi connectivity index (χ1n) is 7.94. The molecule has 0 aromatic carbocycles. The molecule has 1 amide bonds. The average molecular weight is 329 g/mol. The van der Waals surface area contributed by atoms with Crippen LogP contribution in [0.1, 0.15) is 43.6 Å². The van der Waals surface area contributed by atoms with E-state index in [-0.39, 0.29) is 24.4 Å². The Hall–Kier alpha value is -1.07. The van der Waals surface area contributed by atoms with Gasteiger partial charge in [-0.05, 0) is 32.6 Å². The van der Waals surface area contributed by atoms with Gasteiger partial charge in [0.25, 0.3) is 0 Å². The summed E-state index contributed by atoms with van der Waals surface area (Å²) in [4.78, 5) is 14.4. The zero-order valence-electron chi connectivity index (χ0n) is 14.1. The molecule has 126 valence electrons. The van der Waals surface area contributed by atoms with Gasteiger partial charge in [-0.3, -0.25) is 9.48 Å². The summed E-state index contributed by atoms with van der Waals surface area (Å²) < 4.78 is 2.03. The number of piperidine rings is 1. The second-order valence-corrected chi connectivity index (χ2v) is 6.64. The Labute approximate surface area is 139 Å². The van der Waals surface area contributed by atoms with Gasteiger partial charge in [0.1, 0.15) is 0 Å². The van der Waals surface area contributed by atoms with Crippen molar-refractivity contribution in [3.8, 4) is 0 Å². The Kier molecular flexibility index (Phi) is 6.88. The number of carbonyl (C=O) groups excluding carboxylic acids is 1. The number of hydrogen-bond donors (Lipinski definition) is 1. The van der Waals surface area contributed by atoms with Crippen LogP contribution < -0.4 is 5.73 Å². The van der Waals surface area contributed by atoms with Crippen molar-refractivity contribution in [2.75, 3.05) is 13.1 Å². The van der Waals surface area contributed by atoms with E-state index in [4.69, 9.17) is 5.73 Å². The Morgan fingerprint density at radius 1 is 1.41 bits per heavy atom. The van der Waals surface area contributed by atoms with Gasteiger partial charge < -0.3 is 10.6 Å². The van der Waals surface area contributed by atoms with E-state index in [2.05, 4.69) is 25.9 Å². The fourth-order valence-electron chi connectivity index (χ4n) is 3.01. The summed E-state index contributed by atoms with van der Waals surface area (Å²) in [6.07, 6.45) is 2.48. The van der Waals surface area contributed by atoms with Crippen LogP contribution in [0.3, 0.4) is 0 Å². The zero-order chi connectivity index (χ0) is 15.6. The van der Waals surface area contributed by atoms with Gasteiger partial charge in [-0.2, -0.15) is 5.10 Å². The highest BCUT2D eigenvalue weighted by atomic mass is 35.5. The van der Waals surface area contributed by atoms with Crippen LogP contribution in [0.4, 0.5) is 0 Å². The Bertz CT molecular complexity index is 512. The molecule has 1 saturated heterocycles. The molecule has 1 atom stereocenters. The Balaban J connectivity index is 0.00000242. The number of likely N-dealkylation sites (tertiary alicyclic amines) is 1. The van der Waals surface area contributed by atoms with Gasteiger partial charge in [-0.1, -0.05) is 13.8 Å². The second kappa shape index (κ2) is 7.97. The molecule has 22 heavy (non-hydrogen) atoms. The van der Waals surface area contributed by atoms with Crippen LogP contribution in [-0.4, -0.2) is 39.7 Å². The summed E-state index contributed by atoms with van der Waals surface area (Å²) >= 11 is 0. The number of halogens is 1. The number of nitrogens with zero attached hydrogens (tertiary/aromatic N) is 3. The number of aromatic nitrogens is 2. The van der Waals surface area contributed by atoms with E-state index in [9.17, 15) is 4.79 Å². The highest BCUT2D eigenvalue weighted by Gasteiger charge is 2.23. The molecule has 0 saturated carbocycles. The van der Waals surface area contributed by atoms with Gasteiger partial charge in [-0.25, -0.2) is 0 Å². The van der Waals surface area contributed by atoms with Gasteiger partial charge in [0.05, 0.1) is 12.1 Å². The minimum absolute atomic E-state index is 0. The molecule has 0 aliphatic carbocycles. The first-order chi connectivity index (χ1) is 9.88. The SMILES string of the molecule is Cc1nn(CC(C)C)c(C)c1CC(=O)N1CCCC(N)C1.Cl. The van der Waals surface area contributed by atoms with Crippen molar-refractivity contribution in [1.82, 2.24) is 14.7 Å². The largest absolute Gasteiger partial charge is 0.341 e. The molecular formula is C16H29ClN4O. The number of hydrogen-bond acceptors (Lipinski definition) is 3. The summed E-state index contributed by atoms with van der Waals surface area (Å²) in [6.45, 7) is 10.8. The lowest BCUT2D eigenvalue weighted by atomic mass is 10.0. The summed E-state index contributed by atoms with van der Waals surface area (Å²) in [6, 6.07) is 0.133. The maximum atomic E-state index is 12.5. The van der Waals surface area contributed by atoms with Crippen molar-refractivity contribution in [3.63, 3.8) is 0 Å². The minimum Gasteiger partial charge on any atom is -0.341 e. The summed E-state index contributed by atoms with van der Waals surface area (Å²) in [5.41, 5.74) is 9.14. The molecule has 1 aromatic heterocycles. The van der Waals surface area contributed by atoms with E-state index in [1.54, 1.807) is 0 Å². The molecule has 6 heteroatoms. The van der Waals surface area contributed by atoms with Crippen LogP contribution in [0.15, 0.2) is 0 Å². The van der Waals surface area contributed by atoms with E-state index in [1.165, 1.54) is 0 Å². The molecule has 1 fully saturated rings. The van der Waals surface area contributed by atoms with E-state index < -0.39 is 0 Å². The standard InChI is InChI=1S/C16H28N4O.ClH/c1-11(2)9-20-13(4)15(12(3)18-20)8-16(21)19-7-5-6-14(17)10-19;/h11,14H,5-10,17H2,1-4H3;1H. The van der Waals surface area contributed by atoms with Crippen molar-refractivity contribution in [3.05, 3.63) is 17.0 Å². The molecule has 2 N–H and O–H groups in total. The Morgan fingerprint density at radius 3 is 2.68 bits per heavy atom. The van der Waals surface area contributed by atoms with Crippen LogP contribution in [0, 0.1) is 19.8 Å². The third kappa shape index (κ3) is 4.46. The van der Waals surface area contributed by atoms with E-state index in [0.717, 1.165) is 42.9 Å². The molecule has 0 bridgehead atoms. The lowest BCUT2D eigenvalue weighted by Crippen LogP contribution is -2.46. The molecule has 1 aromatic rings. The molecule has 2 rings (SSSR count). The highest BCUT2D eigenvalue weighted by molar-refractivity contribution is 5.85. The number of rotatable bonds is 4. The summed E-state index contributed by atoms with van der Waals surface area (Å²) in [7, 11) is 0. The van der Waals surface area contributed by atoms with Gasteiger partial charge >= 0.3 is 0 Å². The van der Waals surface area contributed by atoms with Crippen molar-refractivity contribution in [2.45, 2.75) is 59.5 Å². The third-order valence-corrected chi connectivity index (χ3v) is 4.21. The first-order valence-corrected chi connectivity index (χ1v) is 7.94. The normalized spacial score (nSPS) is 18.5. The number of amides is 1. The lowest BCUT2D eigenvalue weighted by molar-refractivity contribution is -0.131. The maximum absolute atomic E-state index is 12.5. The second-order valence-electron chi connectivity index (χ2n) is 6.64. The predicted molar refractivity (Wildman–Crippen MR) is 91.3 cm³/mol. The maximum Gasteiger partial charge on any atom is 0.227 e. The Morgan fingerprint density at radius 2 is 2.09 bits per heavy atom. The molecule has 1 aliphatic heterocycles. The zero-order valence-corrected chi connectivity index (χ0v) is 14.9. The van der Waals surface area contributed by atoms with Crippen molar-refractivity contribution in [1.29, 1.82) is 0 Å². The lowest BCUT2D eigenvalue weighted by Gasteiger charge is -2.30. The van der Waals surface area contributed by atoms with Crippen molar-refractivity contribution in [2.24, 2.45) is 11.7 Å². The monoisotopic (exact) mass is 328 g/mol. The average Bonchev–Trinajstić information content (AvgIpc) is 2.65. The first kappa shape index (κ1) is 19.0. The highest BCUT2D eigenvalue weighted by Crippen LogP contribution is 2.17. The molecule has 0 spiro atoms. The summed E-state index contributed by atoms with van der Waals surface area (Å²) in [5.74, 6) is 0.729. The molecule has 0 radical (unpaired) electrons. The van der Waals surface area contributed by atoms with Gasteiger partial charge in [0, 0.05) is 36.9 Å². The van der Waals surface area contributed by atoms with E-state index in [0.29, 0.717) is 18.9 Å². The smallest absolute Gasteiger partial charge is 0.227 e. The number of carbonyl (C=O) groups is 1. The fraction of sp³-hybridized carbons (Fsp3) is 0.750. The molecule has 5 nitrogen and oxygen atoms in total. The van der Waals surface area contributed by atoms with E-state index in [1.807, 2.05) is 16.5 Å². The van der Waals surface area contributed by atoms with Crippen LogP contribution in [0.25, 0.3) is 0 Å². The molecule has 1 unspecified atom stereocenters. The van der Waals surface area contributed by atoms with E-state index >= 15 is 0 Å². The quantitative estimate of drug-likeness (QED) is 0.920. The van der Waals surface area contributed by atoms with Crippen LogP contribution in [0.2, 0.25) is 0 Å². The summed E-state index contributed by atoms with van der Waals surface area (Å²) in [5, 5.41) is 4.58. The minimum atomic E-state index is 0. The van der Waals surface area contributed by atoms with Gasteiger partial charge in [0.15, 0.2) is 0 Å². The third-order valence-electron chi connectivity index (χ3n) is 4.21. The molecule has 1 aliphatic rings. The van der Waals surface area contributed by atoms with Crippen molar-refractivity contribution < 1.29 is 4.79 Å². The topological polar surface area (TPSA) is 64.2 Å². The number of aryl methyl sites for hydroxylation is 1.